The van der Waals surface area contributed by atoms with Gasteiger partial charge in [0, 0.05) is 4.83 Å². The second kappa shape index (κ2) is 5.96. The maximum Gasteiger partial charge on any atom is 0.0351 e. The Bertz CT molecular complexity index is 105. The van der Waals surface area contributed by atoms with Gasteiger partial charge in [0.15, 0.2) is 0 Å². The molecule has 0 rings (SSSR count). The fourth-order valence-corrected chi connectivity index (χ4v) is 1.58. The first-order chi connectivity index (χ1) is 4.72. The highest BCUT2D eigenvalue weighted by Crippen LogP contribution is 2.17. The summed E-state index contributed by atoms with van der Waals surface area (Å²) in [5.74, 6) is 0. The molecule has 1 heteroatoms. The molecular weight excluding hydrogens is 188 g/mol. The van der Waals surface area contributed by atoms with Crippen molar-refractivity contribution in [3.8, 4) is 0 Å². The summed E-state index contributed by atoms with van der Waals surface area (Å²) in [6.07, 6.45) is 5.94. The average Bonchev–Trinajstić information content (AvgIpc) is 1.89. The van der Waals surface area contributed by atoms with Gasteiger partial charge in [-0.25, -0.2) is 0 Å². The zero-order valence-electron chi connectivity index (χ0n) is 7.15. The molecule has 0 aromatic rings. The molecule has 0 radical (unpaired) electrons. The number of halogens is 1. The van der Waals surface area contributed by atoms with E-state index in [9.17, 15) is 0 Å². The summed E-state index contributed by atoms with van der Waals surface area (Å²) < 4.78 is 0. The van der Waals surface area contributed by atoms with Gasteiger partial charge in [0.1, 0.15) is 0 Å². The van der Waals surface area contributed by atoms with Crippen LogP contribution < -0.4 is 0 Å². The van der Waals surface area contributed by atoms with E-state index in [2.05, 4.69) is 42.8 Å². The molecule has 0 nitrogen and oxygen atoms in total. The van der Waals surface area contributed by atoms with Crippen molar-refractivity contribution >= 4 is 15.9 Å². The van der Waals surface area contributed by atoms with E-state index in [4.69, 9.17) is 0 Å². The molecule has 0 fully saturated rings. The van der Waals surface area contributed by atoms with Gasteiger partial charge in [-0.15, -0.1) is 0 Å². The third kappa shape index (κ3) is 4.10. The maximum absolute atomic E-state index is 3.64. The molecule has 0 heterocycles. The lowest BCUT2D eigenvalue weighted by molar-refractivity contribution is 0.807. The molecule has 0 aliphatic rings. The molecule has 0 aromatic heterocycles. The summed E-state index contributed by atoms with van der Waals surface area (Å²) in [5, 5.41) is 0. The number of allylic oxidation sites excluding steroid dienone is 2. The van der Waals surface area contributed by atoms with Crippen LogP contribution >= 0.6 is 15.9 Å². The predicted molar refractivity (Wildman–Crippen MR) is 51.7 cm³/mol. The minimum Gasteiger partial charge on any atom is -0.0848 e. The summed E-state index contributed by atoms with van der Waals surface area (Å²) in [7, 11) is 0. The summed E-state index contributed by atoms with van der Waals surface area (Å²) in [6, 6.07) is 0. The molecule has 0 aliphatic heterocycles. The Hall–Kier alpha value is 0.220. The minimum absolute atomic E-state index is 0.609. The minimum atomic E-state index is 0.609. The first kappa shape index (κ1) is 10.2. The lowest BCUT2D eigenvalue weighted by Crippen LogP contribution is -1.97. The van der Waals surface area contributed by atoms with Crippen molar-refractivity contribution < 1.29 is 0 Å². The summed E-state index contributed by atoms with van der Waals surface area (Å²) in [4.78, 5) is 0.609. The Morgan fingerprint density at radius 1 is 1.50 bits per heavy atom. The highest BCUT2D eigenvalue weighted by atomic mass is 79.9. The fraction of sp³-hybridized carbons (Fsp3) is 0.778. The molecule has 0 bridgehead atoms. The predicted octanol–water partition coefficient (Wildman–Crippen LogP) is 3.91. The van der Waals surface area contributed by atoms with Gasteiger partial charge in [0.2, 0.25) is 0 Å². The number of hydrogen-bond acceptors (Lipinski definition) is 0. The molecule has 0 N–H and O–H groups in total. The summed E-state index contributed by atoms with van der Waals surface area (Å²) in [6.45, 7) is 6.58. The van der Waals surface area contributed by atoms with Crippen molar-refractivity contribution in [3.63, 3.8) is 0 Å². The van der Waals surface area contributed by atoms with E-state index in [1.54, 1.807) is 0 Å². The summed E-state index contributed by atoms with van der Waals surface area (Å²) >= 11 is 3.64. The smallest absolute Gasteiger partial charge is 0.0351 e. The third-order valence-electron chi connectivity index (χ3n) is 1.56. The highest BCUT2D eigenvalue weighted by molar-refractivity contribution is 9.09. The Labute approximate surface area is 72.8 Å². The van der Waals surface area contributed by atoms with Crippen LogP contribution in [0.4, 0.5) is 0 Å². The van der Waals surface area contributed by atoms with E-state index in [0.717, 1.165) is 6.42 Å². The number of hydrogen-bond donors (Lipinski definition) is 0. The lowest BCUT2D eigenvalue weighted by Gasteiger charge is -2.07. The van der Waals surface area contributed by atoms with Crippen molar-refractivity contribution in [2.75, 3.05) is 0 Å². The van der Waals surface area contributed by atoms with Crippen LogP contribution in [0.2, 0.25) is 0 Å². The van der Waals surface area contributed by atoms with Crippen LogP contribution in [0.15, 0.2) is 11.6 Å². The van der Waals surface area contributed by atoms with Gasteiger partial charge in [0.05, 0.1) is 0 Å². The molecule has 1 atom stereocenters. The largest absolute Gasteiger partial charge is 0.0848 e. The molecule has 0 amide bonds. The van der Waals surface area contributed by atoms with E-state index in [1.165, 1.54) is 18.4 Å². The first-order valence-electron chi connectivity index (χ1n) is 4.03. The Kier molecular flexibility index (Phi) is 6.10. The van der Waals surface area contributed by atoms with Crippen LogP contribution in [0, 0.1) is 0 Å². The Morgan fingerprint density at radius 3 is 2.50 bits per heavy atom. The molecule has 0 aromatic carbocycles. The van der Waals surface area contributed by atoms with Crippen LogP contribution in [-0.4, -0.2) is 4.83 Å². The Morgan fingerprint density at radius 2 is 2.10 bits per heavy atom. The molecule has 10 heavy (non-hydrogen) atoms. The molecule has 1 unspecified atom stereocenters. The van der Waals surface area contributed by atoms with E-state index in [-0.39, 0.29) is 0 Å². The lowest BCUT2D eigenvalue weighted by atomic mass is 10.1. The molecule has 0 spiro atoms. The molecule has 0 aliphatic carbocycles. The van der Waals surface area contributed by atoms with Crippen LogP contribution in [0.3, 0.4) is 0 Å². The van der Waals surface area contributed by atoms with E-state index in [1.807, 2.05) is 0 Å². The molecule has 0 saturated carbocycles. The van der Waals surface area contributed by atoms with Crippen LogP contribution in [0.1, 0.15) is 40.0 Å². The second-order valence-corrected chi connectivity index (χ2v) is 3.72. The van der Waals surface area contributed by atoms with Crippen molar-refractivity contribution in [1.82, 2.24) is 0 Å². The molecule has 0 saturated heterocycles. The van der Waals surface area contributed by atoms with Gasteiger partial charge >= 0.3 is 0 Å². The zero-order valence-corrected chi connectivity index (χ0v) is 8.74. The van der Waals surface area contributed by atoms with Crippen LogP contribution in [0.25, 0.3) is 0 Å². The average molecular weight is 205 g/mol. The molecular formula is C9H17Br. The van der Waals surface area contributed by atoms with Crippen molar-refractivity contribution in [2.45, 2.75) is 44.9 Å². The first-order valence-corrected chi connectivity index (χ1v) is 4.94. The highest BCUT2D eigenvalue weighted by Gasteiger charge is 2.02. The number of alkyl halides is 1. The third-order valence-corrected chi connectivity index (χ3v) is 2.74. The van der Waals surface area contributed by atoms with E-state index < -0.39 is 0 Å². The normalized spacial score (nSPS) is 15.4. The van der Waals surface area contributed by atoms with Gasteiger partial charge in [-0.2, -0.15) is 0 Å². The Balaban J connectivity index is 3.69. The zero-order chi connectivity index (χ0) is 7.98. The van der Waals surface area contributed by atoms with Gasteiger partial charge in [-0.1, -0.05) is 47.8 Å². The van der Waals surface area contributed by atoms with Crippen molar-refractivity contribution in [3.05, 3.63) is 11.6 Å². The maximum atomic E-state index is 3.64. The molecule has 60 valence electrons. The fourth-order valence-electron chi connectivity index (χ4n) is 0.931. The summed E-state index contributed by atoms with van der Waals surface area (Å²) in [5.41, 5.74) is 1.48. The number of rotatable bonds is 4. The SMILES string of the molecule is CC/C=C(\C)C(Br)CCC. The topological polar surface area (TPSA) is 0 Å². The van der Waals surface area contributed by atoms with Crippen molar-refractivity contribution in [1.29, 1.82) is 0 Å². The second-order valence-electron chi connectivity index (χ2n) is 2.61. The van der Waals surface area contributed by atoms with Gasteiger partial charge in [-0.3, -0.25) is 0 Å². The standard InChI is InChI=1S/C9H17Br/c1-4-6-8(3)9(10)7-5-2/h6,9H,4-5,7H2,1-3H3/b8-6+. The van der Waals surface area contributed by atoms with Crippen LogP contribution in [0.5, 0.6) is 0 Å². The van der Waals surface area contributed by atoms with Gasteiger partial charge in [-0.05, 0) is 19.8 Å². The van der Waals surface area contributed by atoms with Gasteiger partial charge < -0.3 is 0 Å². The van der Waals surface area contributed by atoms with Crippen molar-refractivity contribution in [2.24, 2.45) is 0 Å². The quantitative estimate of drug-likeness (QED) is 0.482. The van der Waals surface area contributed by atoms with E-state index >= 15 is 0 Å². The monoisotopic (exact) mass is 204 g/mol. The van der Waals surface area contributed by atoms with E-state index in [0.29, 0.717) is 4.83 Å². The van der Waals surface area contributed by atoms with Crippen LogP contribution in [-0.2, 0) is 0 Å². The van der Waals surface area contributed by atoms with Gasteiger partial charge in [0.25, 0.3) is 0 Å².